The van der Waals surface area contributed by atoms with Crippen LogP contribution in [0.1, 0.15) is 33.1 Å². The van der Waals surface area contributed by atoms with E-state index in [2.05, 4.69) is 29.4 Å². The lowest BCUT2D eigenvalue weighted by Crippen LogP contribution is -2.39. The molecule has 0 aromatic rings. The molecule has 0 bridgehead atoms. The molecule has 110 valence electrons. The molecule has 1 rings (SSSR count). The summed E-state index contributed by atoms with van der Waals surface area (Å²) in [7, 11) is 0. The highest BCUT2D eigenvalue weighted by Gasteiger charge is 2.24. The largest absolute Gasteiger partial charge is 0.481 e. The smallest absolute Gasteiger partial charge is 0.314 e. The Bertz CT molecular complexity index is 308. The maximum Gasteiger partial charge on any atom is 0.314 e. The topological polar surface area (TPSA) is 81.7 Å². The highest BCUT2D eigenvalue weighted by atomic mass is 16.4. The quantitative estimate of drug-likeness (QED) is 0.600. The predicted octanol–water partition coefficient (Wildman–Crippen LogP) is 0.881. The van der Waals surface area contributed by atoms with Crippen LogP contribution in [0.4, 0.5) is 4.79 Å². The molecule has 6 heteroatoms. The van der Waals surface area contributed by atoms with Gasteiger partial charge >= 0.3 is 12.0 Å². The molecule has 0 radical (unpaired) electrons. The minimum Gasteiger partial charge on any atom is -0.481 e. The molecule has 1 fully saturated rings. The van der Waals surface area contributed by atoms with Crippen molar-refractivity contribution in [3.63, 3.8) is 0 Å². The lowest BCUT2D eigenvalue weighted by atomic mass is 10.1. The van der Waals surface area contributed by atoms with Crippen molar-refractivity contribution < 1.29 is 14.7 Å². The number of carbonyl (C=O) groups is 2. The van der Waals surface area contributed by atoms with Crippen LogP contribution in [-0.2, 0) is 4.79 Å². The normalized spacial score (nSPS) is 19.6. The Morgan fingerprint density at radius 2 is 2.11 bits per heavy atom. The zero-order chi connectivity index (χ0) is 14.3. The Labute approximate surface area is 114 Å². The Hall–Kier alpha value is -1.30. The molecule has 0 aliphatic carbocycles. The van der Waals surface area contributed by atoms with E-state index in [1.807, 2.05) is 0 Å². The number of amides is 2. The molecule has 0 aromatic heterocycles. The first-order chi connectivity index (χ1) is 8.99. The maximum atomic E-state index is 11.5. The number of rotatable bonds is 7. The van der Waals surface area contributed by atoms with Crippen molar-refractivity contribution in [2.24, 2.45) is 5.92 Å². The minimum atomic E-state index is -0.832. The Balaban J connectivity index is 2.06. The Kier molecular flexibility index (Phi) is 6.62. The summed E-state index contributed by atoms with van der Waals surface area (Å²) in [6.45, 7) is 7.60. The molecule has 1 heterocycles. The average Bonchev–Trinajstić information content (AvgIpc) is 2.81. The number of carboxylic acid groups (broad SMARTS) is 1. The van der Waals surface area contributed by atoms with Gasteiger partial charge in [-0.2, -0.15) is 0 Å². The molecule has 0 saturated carbocycles. The van der Waals surface area contributed by atoms with Crippen LogP contribution in [0, 0.1) is 5.92 Å². The van der Waals surface area contributed by atoms with Crippen molar-refractivity contribution in [2.45, 2.75) is 39.2 Å². The van der Waals surface area contributed by atoms with Crippen molar-refractivity contribution in [3.05, 3.63) is 0 Å². The van der Waals surface area contributed by atoms with E-state index >= 15 is 0 Å². The van der Waals surface area contributed by atoms with Gasteiger partial charge in [0.2, 0.25) is 0 Å². The molecular formula is C13H25N3O3. The van der Waals surface area contributed by atoms with E-state index < -0.39 is 5.97 Å². The molecule has 2 amide bonds. The van der Waals surface area contributed by atoms with Gasteiger partial charge < -0.3 is 20.6 Å². The average molecular weight is 271 g/mol. The van der Waals surface area contributed by atoms with Gasteiger partial charge in [0.25, 0.3) is 0 Å². The van der Waals surface area contributed by atoms with Crippen molar-refractivity contribution in [2.75, 3.05) is 26.2 Å². The van der Waals surface area contributed by atoms with Gasteiger partial charge in [-0.1, -0.05) is 0 Å². The molecular weight excluding hydrogens is 246 g/mol. The lowest BCUT2D eigenvalue weighted by Gasteiger charge is -2.20. The third-order valence-corrected chi connectivity index (χ3v) is 3.45. The molecule has 1 aliphatic heterocycles. The zero-order valence-corrected chi connectivity index (χ0v) is 11.8. The summed E-state index contributed by atoms with van der Waals surface area (Å²) in [5.41, 5.74) is 0. The van der Waals surface area contributed by atoms with Gasteiger partial charge in [-0.3, -0.25) is 4.79 Å². The zero-order valence-electron chi connectivity index (χ0n) is 11.8. The van der Waals surface area contributed by atoms with E-state index in [4.69, 9.17) is 5.11 Å². The SMILES string of the molecule is CC(C)N1CCC(CNC(=O)NCCCC(=O)O)C1. The molecule has 6 nitrogen and oxygen atoms in total. The Morgan fingerprint density at radius 1 is 1.37 bits per heavy atom. The van der Waals surface area contributed by atoms with Gasteiger partial charge in [0.15, 0.2) is 0 Å². The molecule has 0 aromatic carbocycles. The van der Waals surface area contributed by atoms with Crippen LogP contribution in [0.3, 0.4) is 0 Å². The van der Waals surface area contributed by atoms with E-state index in [0.717, 1.165) is 19.5 Å². The van der Waals surface area contributed by atoms with Crippen molar-refractivity contribution in [3.8, 4) is 0 Å². The number of carboxylic acids is 1. The standard InChI is InChI=1S/C13H25N3O3/c1-10(2)16-7-5-11(9-16)8-15-13(19)14-6-3-4-12(17)18/h10-11H,3-9H2,1-2H3,(H,17,18)(H2,14,15,19). The van der Waals surface area contributed by atoms with Crippen molar-refractivity contribution in [1.82, 2.24) is 15.5 Å². The number of hydrogen-bond donors (Lipinski definition) is 3. The first-order valence-corrected chi connectivity index (χ1v) is 6.96. The van der Waals surface area contributed by atoms with Gasteiger partial charge in [0.1, 0.15) is 0 Å². The summed E-state index contributed by atoms with van der Waals surface area (Å²) in [6.07, 6.45) is 1.68. The maximum absolute atomic E-state index is 11.5. The van der Waals surface area contributed by atoms with Gasteiger partial charge in [-0.25, -0.2) is 4.79 Å². The Morgan fingerprint density at radius 3 is 2.68 bits per heavy atom. The number of hydrogen-bond acceptors (Lipinski definition) is 3. The first kappa shape index (κ1) is 15.8. The predicted molar refractivity (Wildman–Crippen MR) is 73.1 cm³/mol. The van der Waals surface area contributed by atoms with Crippen LogP contribution in [-0.4, -0.2) is 54.2 Å². The fourth-order valence-corrected chi connectivity index (χ4v) is 2.24. The fourth-order valence-electron chi connectivity index (χ4n) is 2.24. The summed E-state index contributed by atoms with van der Waals surface area (Å²) in [4.78, 5) is 24.2. The summed E-state index contributed by atoms with van der Waals surface area (Å²) < 4.78 is 0. The van der Waals surface area contributed by atoms with E-state index in [1.54, 1.807) is 0 Å². The molecule has 1 saturated heterocycles. The summed E-state index contributed by atoms with van der Waals surface area (Å²) in [5, 5.41) is 14.0. The van der Waals surface area contributed by atoms with Gasteiger partial charge in [0.05, 0.1) is 0 Å². The number of aliphatic carboxylic acids is 1. The third kappa shape index (κ3) is 6.42. The van der Waals surface area contributed by atoms with Gasteiger partial charge in [-0.15, -0.1) is 0 Å². The molecule has 1 aliphatic rings. The van der Waals surface area contributed by atoms with Gasteiger partial charge in [0, 0.05) is 32.1 Å². The van der Waals surface area contributed by atoms with Crippen LogP contribution in [0.25, 0.3) is 0 Å². The van der Waals surface area contributed by atoms with Crippen LogP contribution in [0.2, 0.25) is 0 Å². The lowest BCUT2D eigenvalue weighted by molar-refractivity contribution is -0.137. The number of carbonyl (C=O) groups excluding carboxylic acids is 1. The molecule has 0 spiro atoms. The van der Waals surface area contributed by atoms with E-state index in [-0.39, 0.29) is 12.5 Å². The van der Waals surface area contributed by atoms with Crippen LogP contribution < -0.4 is 10.6 Å². The summed E-state index contributed by atoms with van der Waals surface area (Å²) in [6, 6.07) is 0.364. The fraction of sp³-hybridized carbons (Fsp3) is 0.846. The summed E-state index contributed by atoms with van der Waals surface area (Å²) >= 11 is 0. The minimum absolute atomic E-state index is 0.0895. The molecule has 1 unspecified atom stereocenters. The van der Waals surface area contributed by atoms with E-state index in [0.29, 0.717) is 31.5 Å². The number of urea groups is 1. The second kappa shape index (κ2) is 7.99. The highest BCUT2D eigenvalue weighted by Crippen LogP contribution is 2.17. The first-order valence-electron chi connectivity index (χ1n) is 6.96. The van der Waals surface area contributed by atoms with E-state index in [1.165, 1.54) is 0 Å². The molecule has 1 atom stereocenters. The number of nitrogens with one attached hydrogen (secondary N) is 2. The molecule has 3 N–H and O–H groups in total. The second-order valence-electron chi connectivity index (χ2n) is 5.38. The number of likely N-dealkylation sites (tertiary alicyclic amines) is 1. The summed E-state index contributed by atoms with van der Waals surface area (Å²) in [5.74, 6) is -0.311. The van der Waals surface area contributed by atoms with Crippen molar-refractivity contribution in [1.29, 1.82) is 0 Å². The van der Waals surface area contributed by atoms with Crippen LogP contribution >= 0.6 is 0 Å². The third-order valence-electron chi connectivity index (χ3n) is 3.45. The number of nitrogens with zero attached hydrogens (tertiary/aromatic N) is 1. The molecule has 19 heavy (non-hydrogen) atoms. The van der Waals surface area contributed by atoms with Crippen molar-refractivity contribution >= 4 is 12.0 Å². The van der Waals surface area contributed by atoms with Crippen LogP contribution in [0.5, 0.6) is 0 Å². The van der Waals surface area contributed by atoms with E-state index in [9.17, 15) is 9.59 Å². The highest BCUT2D eigenvalue weighted by molar-refractivity contribution is 5.73. The van der Waals surface area contributed by atoms with Crippen LogP contribution in [0.15, 0.2) is 0 Å². The van der Waals surface area contributed by atoms with Gasteiger partial charge in [-0.05, 0) is 39.2 Å². The second-order valence-corrected chi connectivity index (χ2v) is 5.38. The monoisotopic (exact) mass is 271 g/mol.